The average molecular weight is 427 g/mol. The third-order valence-corrected chi connectivity index (χ3v) is 7.88. The van der Waals surface area contributed by atoms with Crippen LogP contribution in [0.1, 0.15) is 28.8 Å². The smallest absolute Gasteiger partial charge is 0.226 e. The molecule has 1 aliphatic rings. The van der Waals surface area contributed by atoms with Crippen LogP contribution in [0.5, 0.6) is 0 Å². The van der Waals surface area contributed by atoms with E-state index in [1.165, 1.54) is 21.8 Å². The highest BCUT2D eigenvalue weighted by Crippen LogP contribution is 2.37. The summed E-state index contributed by atoms with van der Waals surface area (Å²) in [7, 11) is -3.37. The molecule has 0 unspecified atom stereocenters. The molecule has 29 heavy (non-hydrogen) atoms. The first-order valence-corrected chi connectivity index (χ1v) is 12.1. The summed E-state index contributed by atoms with van der Waals surface area (Å²) in [5, 5.41) is 3.42. The van der Waals surface area contributed by atoms with Crippen LogP contribution < -0.4 is 5.32 Å². The van der Waals surface area contributed by atoms with Crippen molar-refractivity contribution in [3.05, 3.63) is 64.5 Å². The van der Waals surface area contributed by atoms with E-state index in [1.54, 1.807) is 24.3 Å². The largest absolute Gasteiger partial charge is 0.302 e. The van der Waals surface area contributed by atoms with Crippen LogP contribution in [0.2, 0.25) is 0 Å². The summed E-state index contributed by atoms with van der Waals surface area (Å²) < 4.78 is 24.8. The molecule has 2 aromatic carbocycles. The molecule has 0 atom stereocenters. The summed E-state index contributed by atoms with van der Waals surface area (Å²) in [6.07, 6.45) is 2.33. The fourth-order valence-electron chi connectivity index (χ4n) is 3.47. The van der Waals surface area contributed by atoms with Crippen molar-refractivity contribution in [2.24, 2.45) is 0 Å². The lowest BCUT2D eigenvalue weighted by Crippen LogP contribution is -2.14. The van der Waals surface area contributed by atoms with Gasteiger partial charge < -0.3 is 5.32 Å². The second-order valence-electron chi connectivity index (χ2n) is 7.23. The summed E-state index contributed by atoms with van der Waals surface area (Å²) in [5.41, 5.74) is 4.38. The maximum absolute atomic E-state index is 12.4. The first-order valence-electron chi connectivity index (χ1n) is 9.60. The van der Waals surface area contributed by atoms with Gasteiger partial charge in [-0.1, -0.05) is 42.0 Å². The van der Waals surface area contributed by atoms with E-state index in [0.717, 1.165) is 29.7 Å². The maximum atomic E-state index is 12.4. The number of aromatic nitrogens is 1. The van der Waals surface area contributed by atoms with Crippen molar-refractivity contribution in [1.82, 2.24) is 4.98 Å². The molecule has 5 nitrogen and oxygen atoms in total. The van der Waals surface area contributed by atoms with Gasteiger partial charge in [-0.25, -0.2) is 13.4 Å². The number of benzene rings is 2. The summed E-state index contributed by atoms with van der Waals surface area (Å²) in [4.78, 5) is 18.4. The first kappa shape index (κ1) is 19.8. The summed E-state index contributed by atoms with van der Waals surface area (Å²) in [6, 6.07) is 15.0. The predicted octanol–water partition coefficient (Wildman–Crippen LogP) is 4.41. The van der Waals surface area contributed by atoms with Crippen molar-refractivity contribution in [2.45, 2.75) is 37.5 Å². The number of carbonyl (C=O) groups excluding carboxylic acids is 1. The molecule has 7 heteroatoms. The third kappa shape index (κ3) is 4.41. The molecule has 0 saturated heterocycles. The second kappa shape index (κ2) is 8.08. The van der Waals surface area contributed by atoms with Crippen molar-refractivity contribution < 1.29 is 13.2 Å². The molecule has 0 aliphatic heterocycles. The second-order valence-corrected chi connectivity index (χ2v) is 10.4. The quantitative estimate of drug-likeness (QED) is 0.633. The lowest BCUT2D eigenvalue weighted by atomic mass is 9.94. The van der Waals surface area contributed by atoms with E-state index in [1.807, 2.05) is 19.1 Å². The average Bonchev–Trinajstić information content (AvgIpc) is 3.11. The highest BCUT2D eigenvalue weighted by Gasteiger charge is 2.21. The Kier molecular flexibility index (Phi) is 5.52. The molecular formula is C22H22N2O3S2. The number of sulfone groups is 1. The van der Waals surface area contributed by atoms with Crippen LogP contribution in [0.25, 0.3) is 11.3 Å². The van der Waals surface area contributed by atoms with E-state index in [-0.39, 0.29) is 24.5 Å². The first-order chi connectivity index (χ1) is 13.9. The highest BCUT2D eigenvalue weighted by atomic mass is 32.2. The van der Waals surface area contributed by atoms with Crippen LogP contribution in [0.15, 0.2) is 53.4 Å². The van der Waals surface area contributed by atoms with E-state index in [9.17, 15) is 13.2 Å². The molecule has 1 amide bonds. The van der Waals surface area contributed by atoms with Gasteiger partial charge in [-0.2, -0.15) is 0 Å². The van der Waals surface area contributed by atoms with Crippen LogP contribution in [-0.2, 0) is 27.5 Å². The standard InChI is InChI=1S/C22H22N2O3S2/c1-15-8-11-17(12-9-15)29(26,27)14-4-7-20(25)23-22-24-21-18-6-3-2-5-16(18)10-13-19(21)28-22/h2-3,5-6,8-9,11-12H,4,7,10,13-14H2,1H3,(H,23,24,25). The van der Waals surface area contributed by atoms with E-state index in [0.29, 0.717) is 10.0 Å². The topological polar surface area (TPSA) is 76.1 Å². The number of nitrogens with zero attached hydrogens (tertiary/aromatic N) is 1. The number of thiazole rings is 1. The van der Waals surface area contributed by atoms with Crippen LogP contribution >= 0.6 is 11.3 Å². The minimum atomic E-state index is -3.37. The van der Waals surface area contributed by atoms with Crippen molar-refractivity contribution in [1.29, 1.82) is 0 Å². The normalized spacial score (nSPS) is 12.9. The molecule has 0 fully saturated rings. The molecule has 1 aromatic heterocycles. The Morgan fingerprint density at radius 1 is 1.10 bits per heavy atom. The SMILES string of the molecule is Cc1ccc(S(=O)(=O)CCCC(=O)Nc2nc3c(s2)CCc2ccccc2-3)cc1. The summed E-state index contributed by atoms with van der Waals surface area (Å²) in [6.45, 7) is 1.91. The van der Waals surface area contributed by atoms with Crippen LogP contribution in [0, 0.1) is 6.92 Å². The molecule has 1 heterocycles. The van der Waals surface area contributed by atoms with E-state index in [4.69, 9.17) is 0 Å². The Balaban J connectivity index is 1.35. The Morgan fingerprint density at radius 3 is 2.66 bits per heavy atom. The summed E-state index contributed by atoms with van der Waals surface area (Å²) >= 11 is 1.50. The molecule has 0 bridgehead atoms. The Hall–Kier alpha value is -2.51. The number of carbonyl (C=O) groups is 1. The zero-order valence-electron chi connectivity index (χ0n) is 16.1. The molecule has 1 aliphatic carbocycles. The Bertz CT molecular complexity index is 1150. The Morgan fingerprint density at radius 2 is 1.86 bits per heavy atom. The molecule has 0 spiro atoms. The van der Waals surface area contributed by atoms with E-state index < -0.39 is 9.84 Å². The van der Waals surface area contributed by atoms with Gasteiger partial charge in [-0.15, -0.1) is 11.3 Å². The van der Waals surface area contributed by atoms with Gasteiger partial charge in [-0.3, -0.25) is 4.79 Å². The van der Waals surface area contributed by atoms with Crippen molar-refractivity contribution >= 4 is 32.2 Å². The number of fused-ring (bicyclic) bond motifs is 3. The molecule has 0 saturated carbocycles. The number of amides is 1. The number of hydrogen-bond acceptors (Lipinski definition) is 5. The van der Waals surface area contributed by atoms with Crippen molar-refractivity contribution in [2.75, 3.05) is 11.1 Å². The van der Waals surface area contributed by atoms with Gasteiger partial charge in [0, 0.05) is 16.9 Å². The Labute approximate surface area is 174 Å². The zero-order valence-corrected chi connectivity index (χ0v) is 17.8. The van der Waals surface area contributed by atoms with E-state index >= 15 is 0 Å². The van der Waals surface area contributed by atoms with Crippen LogP contribution in [0.3, 0.4) is 0 Å². The number of aryl methyl sites for hydroxylation is 3. The van der Waals surface area contributed by atoms with Gasteiger partial charge >= 0.3 is 0 Å². The van der Waals surface area contributed by atoms with Gasteiger partial charge in [0.2, 0.25) is 5.91 Å². The highest BCUT2D eigenvalue weighted by molar-refractivity contribution is 7.91. The van der Waals surface area contributed by atoms with Gasteiger partial charge in [0.15, 0.2) is 15.0 Å². The number of anilines is 1. The van der Waals surface area contributed by atoms with Crippen molar-refractivity contribution in [3.63, 3.8) is 0 Å². The van der Waals surface area contributed by atoms with Gasteiger partial charge in [0.05, 0.1) is 16.3 Å². The van der Waals surface area contributed by atoms with Crippen molar-refractivity contribution in [3.8, 4) is 11.3 Å². The molecule has 0 radical (unpaired) electrons. The van der Waals surface area contributed by atoms with Gasteiger partial charge in [0.1, 0.15) is 0 Å². The van der Waals surface area contributed by atoms with Gasteiger partial charge in [-0.05, 0) is 43.9 Å². The molecule has 3 aromatic rings. The van der Waals surface area contributed by atoms with Crippen LogP contribution in [-0.4, -0.2) is 25.1 Å². The fraction of sp³-hybridized carbons (Fsp3) is 0.273. The minimum Gasteiger partial charge on any atom is -0.302 e. The predicted molar refractivity (Wildman–Crippen MR) is 116 cm³/mol. The number of hydrogen-bond donors (Lipinski definition) is 1. The number of nitrogens with one attached hydrogen (secondary N) is 1. The van der Waals surface area contributed by atoms with E-state index in [2.05, 4.69) is 22.4 Å². The lowest BCUT2D eigenvalue weighted by molar-refractivity contribution is -0.116. The molecular weight excluding hydrogens is 404 g/mol. The van der Waals surface area contributed by atoms with Crippen LogP contribution in [0.4, 0.5) is 5.13 Å². The third-order valence-electron chi connectivity index (χ3n) is 5.03. The molecule has 1 N–H and O–H groups in total. The maximum Gasteiger partial charge on any atom is 0.226 e. The lowest BCUT2D eigenvalue weighted by Gasteiger charge is -2.13. The number of rotatable bonds is 6. The zero-order chi connectivity index (χ0) is 20.4. The monoisotopic (exact) mass is 426 g/mol. The summed E-state index contributed by atoms with van der Waals surface area (Å²) in [5.74, 6) is -0.255. The minimum absolute atomic E-state index is 0.0504. The van der Waals surface area contributed by atoms with Gasteiger partial charge in [0.25, 0.3) is 0 Å². The molecule has 4 rings (SSSR count). The fourth-order valence-corrected chi connectivity index (χ4v) is 5.77. The molecule has 150 valence electrons.